The second kappa shape index (κ2) is 6.54. The number of benzene rings is 1. The Morgan fingerprint density at radius 3 is 2.82 bits per heavy atom. The minimum absolute atomic E-state index is 0.283. The van der Waals surface area contributed by atoms with Crippen molar-refractivity contribution in [3.05, 3.63) is 35.9 Å². The third-order valence-corrected chi connectivity index (χ3v) is 3.62. The van der Waals surface area contributed by atoms with Crippen LogP contribution in [-0.2, 0) is 10.0 Å². The summed E-state index contributed by atoms with van der Waals surface area (Å²) in [6, 6.07) is 6.77. The van der Waals surface area contributed by atoms with Gasteiger partial charge in [-0.05, 0) is 24.1 Å². The van der Waals surface area contributed by atoms with Crippen molar-refractivity contribution in [2.75, 3.05) is 13.1 Å². The second-order valence-electron chi connectivity index (χ2n) is 3.61. The average molecular weight is 254 g/mol. The van der Waals surface area contributed by atoms with E-state index in [1.54, 1.807) is 30.4 Å². The standard InChI is InChI=1S/C12H18N2O2S/c1-2-9-14-17(15,16)12-7-3-5-11(10-12)6-4-8-13/h3-7,10,14H,2,8-9,13H2,1H3/b6-4+. The fourth-order valence-corrected chi connectivity index (χ4v) is 2.50. The normalized spacial score (nSPS) is 12.1. The third kappa shape index (κ3) is 4.30. The van der Waals surface area contributed by atoms with Crippen molar-refractivity contribution in [3.8, 4) is 0 Å². The monoisotopic (exact) mass is 254 g/mol. The van der Waals surface area contributed by atoms with E-state index in [2.05, 4.69) is 4.72 Å². The summed E-state index contributed by atoms with van der Waals surface area (Å²) >= 11 is 0. The molecule has 1 aromatic rings. The molecule has 0 aliphatic carbocycles. The molecule has 4 nitrogen and oxygen atoms in total. The maximum absolute atomic E-state index is 11.9. The summed E-state index contributed by atoms with van der Waals surface area (Å²) in [5, 5.41) is 0. The van der Waals surface area contributed by atoms with Crippen molar-refractivity contribution in [1.82, 2.24) is 4.72 Å². The molecule has 0 aromatic heterocycles. The first-order valence-electron chi connectivity index (χ1n) is 5.56. The number of hydrogen-bond acceptors (Lipinski definition) is 3. The van der Waals surface area contributed by atoms with Crippen molar-refractivity contribution in [2.45, 2.75) is 18.2 Å². The molecule has 5 heteroatoms. The van der Waals surface area contributed by atoms with Crippen molar-refractivity contribution >= 4 is 16.1 Å². The highest BCUT2D eigenvalue weighted by Gasteiger charge is 2.12. The molecule has 0 atom stereocenters. The lowest BCUT2D eigenvalue weighted by atomic mass is 10.2. The average Bonchev–Trinajstić information content (AvgIpc) is 2.34. The Morgan fingerprint density at radius 1 is 1.41 bits per heavy atom. The molecule has 1 aromatic carbocycles. The van der Waals surface area contributed by atoms with Gasteiger partial charge >= 0.3 is 0 Å². The Bertz CT molecular complexity index is 481. The molecule has 3 N–H and O–H groups in total. The lowest BCUT2D eigenvalue weighted by Gasteiger charge is -2.06. The van der Waals surface area contributed by atoms with Crippen LogP contribution in [0.2, 0.25) is 0 Å². The molecular weight excluding hydrogens is 236 g/mol. The smallest absolute Gasteiger partial charge is 0.240 e. The molecule has 0 amide bonds. The van der Waals surface area contributed by atoms with E-state index in [1.165, 1.54) is 0 Å². The number of nitrogens with two attached hydrogens (primary N) is 1. The molecule has 0 saturated heterocycles. The zero-order valence-corrected chi connectivity index (χ0v) is 10.7. The van der Waals surface area contributed by atoms with E-state index in [4.69, 9.17) is 5.73 Å². The van der Waals surface area contributed by atoms with Crippen molar-refractivity contribution in [3.63, 3.8) is 0 Å². The summed E-state index contributed by atoms with van der Waals surface area (Å²) < 4.78 is 26.2. The molecule has 94 valence electrons. The molecule has 0 fully saturated rings. The fraction of sp³-hybridized carbons (Fsp3) is 0.333. The summed E-state index contributed by atoms with van der Waals surface area (Å²) in [6.45, 7) is 2.80. The maximum atomic E-state index is 11.9. The molecule has 0 aliphatic rings. The van der Waals surface area contributed by atoms with Crippen LogP contribution >= 0.6 is 0 Å². The number of hydrogen-bond donors (Lipinski definition) is 2. The van der Waals surface area contributed by atoms with Gasteiger partial charge in [0.25, 0.3) is 0 Å². The van der Waals surface area contributed by atoms with Crippen LogP contribution in [0.5, 0.6) is 0 Å². The van der Waals surface area contributed by atoms with Gasteiger partial charge in [0, 0.05) is 13.1 Å². The zero-order chi connectivity index (χ0) is 12.7. The van der Waals surface area contributed by atoms with E-state index in [9.17, 15) is 8.42 Å². The Labute approximate surface area is 103 Å². The summed E-state index contributed by atoms with van der Waals surface area (Å²) in [5.74, 6) is 0. The maximum Gasteiger partial charge on any atom is 0.240 e. The van der Waals surface area contributed by atoms with Crippen LogP contribution in [0, 0.1) is 0 Å². The molecule has 1 rings (SSSR count). The van der Waals surface area contributed by atoms with Gasteiger partial charge in [-0.3, -0.25) is 0 Å². The van der Waals surface area contributed by atoms with Gasteiger partial charge in [0.1, 0.15) is 0 Å². The fourth-order valence-electron chi connectivity index (χ4n) is 1.31. The molecule has 0 unspecified atom stereocenters. The van der Waals surface area contributed by atoms with Gasteiger partial charge in [-0.25, -0.2) is 13.1 Å². The largest absolute Gasteiger partial charge is 0.327 e. The Hall–Kier alpha value is -1.17. The van der Waals surface area contributed by atoms with Crippen molar-refractivity contribution in [2.24, 2.45) is 5.73 Å². The van der Waals surface area contributed by atoms with Gasteiger partial charge in [0.15, 0.2) is 0 Å². The lowest BCUT2D eigenvalue weighted by Crippen LogP contribution is -2.24. The SMILES string of the molecule is CCCNS(=O)(=O)c1cccc(/C=C/CN)c1. The van der Waals surface area contributed by atoms with Crippen LogP contribution in [-0.4, -0.2) is 21.5 Å². The first-order valence-corrected chi connectivity index (χ1v) is 7.05. The lowest BCUT2D eigenvalue weighted by molar-refractivity contribution is 0.581. The molecule has 0 aliphatic heterocycles. The molecule has 0 spiro atoms. The van der Waals surface area contributed by atoms with Gasteiger partial charge in [-0.1, -0.05) is 31.2 Å². The number of sulfonamides is 1. The highest BCUT2D eigenvalue weighted by atomic mass is 32.2. The predicted molar refractivity (Wildman–Crippen MR) is 70.0 cm³/mol. The van der Waals surface area contributed by atoms with E-state index >= 15 is 0 Å². The van der Waals surface area contributed by atoms with Gasteiger partial charge in [0.05, 0.1) is 4.90 Å². The van der Waals surface area contributed by atoms with Crippen molar-refractivity contribution in [1.29, 1.82) is 0 Å². The first kappa shape index (κ1) is 13.9. The van der Waals surface area contributed by atoms with E-state index in [0.717, 1.165) is 12.0 Å². The zero-order valence-electron chi connectivity index (χ0n) is 9.89. The van der Waals surface area contributed by atoms with Crippen molar-refractivity contribution < 1.29 is 8.42 Å². The first-order chi connectivity index (χ1) is 8.10. The Balaban J connectivity index is 2.94. The summed E-state index contributed by atoms with van der Waals surface area (Å²) in [7, 11) is -3.39. The van der Waals surface area contributed by atoms with E-state index < -0.39 is 10.0 Å². The van der Waals surface area contributed by atoms with Gasteiger partial charge < -0.3 is 5.73 Å². The molecule has 0 radical (unpaired) electrons. The molecule has 0 heterocycles. The molecular formula is C12H18N2O2S. The van der Waals surface area contributed by atoms with Gasteiger partial charge in [0.2, 0.25) is 10.0 Å². The number of nitrogens with one attached hydrogen (secondary N) is 1. The van der Waals surface area contributed by atoms with E-state index in [-0.39, 0.29) is 4.90 Å². The molecule has 0 bridgehead atoms. The topological polar surface area (TPSA) is 72.2 Å². The van der Waals surface area contributed by atoms with E-state index in [0.29, 0.717) is 13.1 Å². The Morgan fingerprint density at radius 2 is 2.18 bits per heavy atom. The van der Waals surface area contributed by atoms with Crippen LogP contribution in [0.15, 0.2) is 35.2 Å². The summed E-state index contributed by atoms with van der Waals surface area (Å²) in [4.78, 5) is 0.283. The highest BCUT2D eigenvalue weighted by Crippen LogP contribution is 2.12. The van der Waals surface area contributed by atoms with Crippen LogP contribution < -0.4 is 10.5 Å². The van der Waals surface area contributed by atoms with Gasteiger partial charge in [-0.15, -0.1) is 0 Å². The van der Waals surface area contributed by atoms with Crippen LogP contribution in [0.3, 0.4) is 0 Å². The predicted octanol–water partition coefficient (Wildman–Crippen LogP) is 1.35. The number of rotatable bonds is 6. The van der Waals surface area contributed by atoms with E-state index in [1.807, 2.05) is 13.0 Å². The minimum atomic E-state index is -3.39. The Kier molecular flexibility index (Phi) is 5.34. The minimum Gasteiger partial charge on any atom is -0.327 e. The second-order valence-corrected chi connectivity index (χ2v) is 5.38. The summed E-state index contributed by atoms with van der Waals surface area (Å²) in [6.07, 6.45) is 4.36. The quantitative estimate of drug-likeness (QED) is 0.805. The molecule has 17 heavy (non-hydrogen) atoms. The van der Waals surface area contributed by atoms with Crippen LogP contribution in [0.1, 0.15) is 18.9 Å². The molecule has 0 saturated carbocycles. The summed E-state index contributed by atoms with van der Waals surface area (Å²) in [5.41, 5.74) is 6.18. The third-order valence-electron chi connectivity index (χ3n) is 2.16. The van der Waals surface area contributed by atoms with Crippen LogP contribution in [0.25, 0.3) is 6.08 Å². The highest BCUT2D eigenvalue weighted by molar-refractivity contribution is 7.89. The van der Waals surface area contributed by atoms with Gasteiger partial charge in [-0.2, -0.15) is 0 Å². The van der Waals surface area contributed by atoms with Crippen LogP contribution in [0.4, 0.5) is 0 Å².